The molecule has 0 saturated heterocycles. The summed E-state index contributed by atoms with van der Waals surface area (Å²) in [6, 6.07) is 8.30. The number of fused-ring (bicyclic) bond motifs is 1. The Morgan fingerprint density at radius 2 is 2.03 bits per heavy atom. The third-order valence-electron chi connectivity index (χ3n) is 5.60. The number of methoxy groups -OCH3 is 1. The summed E-state index contributed by atoms with van der Waals surface area (Å²) in [7, 11) is 1.55. The van der Waals surface area contributed by atoms with Gasteiger partial charge in [-0.2, -0.15) is 4.68 Å². The van der Waals surface area contributed by atoms with Gasteiger partial charge in [-0.15, -0.1) is 0 Å². The first-order valence-electron chi connectivity index (χ1n) is 11.2. The lowest BCUT2D eigenvalue weighted by molar-refractivity contribution is -0.139. The van der Waals surface area contributed by atoms with Gasteiger partial charge in [-0.05, 0) is 75.1 Å². The lowest BCUT2D eigenvalue weighted by Crippen LogP contribution is -2.30. The number of carbonyl (C=O) groups excluding carboxylic acids is 1. The molecule has 0 fully saturated rings. The summed E-state index contributed by atoms with van der Waals surface area (Å²) >= 11 is 15.7. The number of anilines is 1. The van der Waals surface area contributed by atoms with Gasteiger partial charge in [0.2, 0.25) is 5.95 Å². The molecule has 0 aliphatic carbocycles. The molecule has 1 N–H and O–H groups in total. The maximum absolute atomic E-state index is 13.1. The highest BCUT2D eigenvalue weighted by Gasteiger charge is 2.36. The SMILES string of the molecule is CCCCOC(=O)C1=C(C)Nc2nnnn2C1c1cc(Br)c(OCc2ccc(Cl)c(Cl)c2)c(OC)c1. The summed E-state index contributed by atoms with van der Waals surface area (Å²) in [5.41, 5.74) is 2.57. The number of hydrogen-bond acceptors (Lipinski definition) is 8. The predicted molar refractivity (Wildman–Crippen MR) is 140 cm³/mol. The molecule has 2 heterocycles. The summed E-state index contributed by atoms with van der Waals surface area (Å²) in [6.45, 7) is 4.40. The van der Waals surface area contributed by atoms with E-state index in [2.05, 4.69) is 36.8 Å². The summed E-state index contributed by atoms with van der Waals surface area (Å²) in [5.74, 6) is 0.933. The molecule has 1 atom stereocenters. The van der Waals surface area contributed by atoms with Crippen LogP contribution in [0.4, 0.5) is 5.95 Å². The zero-order valence-corrected chi connectivity index (χ0v) is 22.9. The summed E-state index contributed by atoms with van der Waals surface area (Å²) < 4.78 is 19.4. The number of ether oxygens (including phenoxy) is 3. The number of carbonyl (C=O) groups is 1. The number of halogens is 3. The third kappa shape index (κ3) is 5.45. The fourth-order valence-corrected chi connectivity index (χ4v) is 4.69. The maximum atomic E-state index is 13.1. The average Bonchev–Trinajstić information content (AvgIpc) is 3.32. The highest BCUT2D eigenvalue weighted by molar-refractivity contribution is 9.10. The van der Waals surface area contributed by atoms with E-state index in [-0.39, 0.29) is 6.61 Å². The molecule has 0 bridgehead atoms. The monoisotopic (exact) mass is 595 g/mol. The van der Waals surface area contributed by atoms with Crippen LogP contribution in [0.5, 0.6) is 11.5 Å². The molecule has 1 aliphatic rings. The Bertz CT molecular complexity index is 1310. The number of esters is 1. The number of benzene rings is 2. The van der Waals surface area contributed by atoms with Gasteiger partial charge in [0.25, 0.3) is 0 Å². The molecule has 0 radical (unpaired) electrons. The molecule has 190 valence electrons. The van der Waals surface area contributed by atoms with Crippen LogP contribution < -0.4 is 14.8 Å². The van der Waals surface area contributed by atoms with Crippen molar-refractivity contribution in [2.45, 2.75) is 39.3 Å². The fourth-order valence-electron chi connectivity index (χ4n) is 3.79. The normalized spacial score (nSPS) is 14.8. The van der Waals surface area contributed by atoms with Crippen molar-refractivity contribution in [3.63, 3.8) is 0 Å². The number of rotatable bonds is 9. The minimum atomic E-state index is -0.639. The van der Waals surface area contributed by atoms with Crippen molar-refractivity contribution >= 4 is 51.0 Å². The molecule has 1 aliphatic heterocycles. The molecule has 1 unspecified atom stereocenters. The number of hydrogen-bond donors (Lipinski definition) is 1. The van der Waals surface area contributed by atoms with E-state index in [1.807, 2.05) is 19.1 Å². The van der Waals surface area contributed by atoms with Crippen LogP contribution in [0.15, 0.2) is 46.1 Å². The molecule has 4 rings (SSSR count). The Hall–Kier alpha value is -2.82. The lowest BCUT2D eigenvalue weighted by Gasteiger charge is -2.28. The van der Waals surface area contributed by atoms with Gasteiger partial charge < -0.3 is 19.5 Å². The number of unbranched alkanes of at least 4 members (excludes halogenated alkanes) is 1. The van der Waals surface area contributed by atoms with Gasteiger partial charge in [-0.25, -0.2) is 4.79 Å². The van der Waals surface area contributed by atoms with Gasteiger partial charge in [0.1, 0.15) is 12.6 Å². The van der Waals surface area contributed by atoms with E-state index in [1.54, 1.807) is 36.9 Å². The Balaban J connectivity index is 1.69. The smallest absolute Gasteiger partial charge is 0.338 e. The summed E-state index contributed by atoms with van der Waals surface area (Å²) in [5, 5.41) is 15.9. The first-order valence-corrected chi connectivity index (χ1v) is 12.8. The average molecular weight is 597 g/mol. The standard InChI is InChI=1S/C24H24BrCl2N5O4/c1-4-5-8-35-23(33)20-13(2)28-24-29-30-31-32(24)21(20)15-10-16(25)22(19(11-15)34-3)36-12-14-6-7-17(26)18(27)9-14/h6-7,9-11,21H,4-5,8,12H2,1-3H3,(H,28,29,31). The first-order chi connectivity index (χ1) is 17.3. The van der Waals surface area contributed by atoms with Crippen LogP contribution >= 0.6 is 39.1 Å². The van der Waals surface area contributed by atoms with Crippen LogP contribution in [0.3, 0.4) is 0 Å². The van der Waals surface area contributed by atoms with Crippen LogP contribution in [0.1, 0.15) is 43.9 Å². The Morgan fingerprint density at radius 3 is 2.75 bits per heavy atom. The largest absolute Gasteiger partial charge is 0.493 e. The number of nitrogens with zero attached hydrogens (tertiary/aromatic N) is 4. The molecule has 2 aromatic carbocycles. The van der Waals surface area contributed by atoms with Crippen molar-refractivity contribution in [2.24, 2.45) is 0 Å². The summed E-state index contributed by atoms with van der Waals surface area (Å²) in [4.78, 5) is 13.1. The van der Waals surface area contributed by atoms with Crippen LogP contribution in [0.25, 0.3) is 0 Å². The van der Waals surface area contributed by atoms with Gasteiger partial charge in [0, 0.05) is 5.70 Å². The second-order valence-electron chi connectivity index (χ2n) is 8.07. The van der Waals surface area contributed by atoms with Crippen LogP contribution in [0, 0.1) is 0 Å². The Morgan fingerprint density at radius 1 is 1.22 bits per heavy atom. The van der Waals surface area contributed by atoms with E-state index in [0.29, 0.717) is 55.4 Å². The highest BCUT2D eigenvalue weighted by Crippen LogP contribution is 2.43. The number of aromatic nitrogens is 4. The predicted octanol–water partition coefficient (Wildman–Crippen LogP) is 5.96. The van der Waals surface area contributed by atoms with E-state index < -0.39 is 12.0 Å². The molecular weight excluding hydrogens is 573 g/mol. The topological polar surface area (TPSA) is 100 Å². The highest BCUT2D eigenvalue weighted by atomic mass is 79.9. The van der Waals surface area contributed by atoms with Crippen molar-refractivity contribution in [3.8, 4) is 11.5 Å². The van der Waals surface area contributed by atoms with Crippen LogP contribution in [-0.2, 0) is 16.1 Å². The fraction of sp³-hybridized carbons (Fsp3) is 0.333. The number of nitrogens with one attached hydrogen (secondary N) is 1. The third-order valence-corrected chi connectivity index (χ3v) is 6.93. The van der Waals surface area contributed by atoms with Crippen molar-refractivity contribution in [2.75, 3.05) is 19.0 Å². The van der Waals surface area contributed by atoms with E-state index in [4.69, 9.17) is 37.4 Å². The molecule has 9 nitrogen and oxygen atoms in total. The van der Waals surface area contributed by atoms with Gasteiger partial charge in [0.05, 0.1) is 33.8 Å². The molecule has 12 heteroatoms. The molecule has 0 spiro atoms. The lowest BCUT2D eigenvalue weighted by atomic mass is 9.95. The molecule has 36 heavy (non-hydrogen) atoms. The van der Waals surface area contributed by atoms with E-state index in [9.17, 15) is 4.79 Å². The number of tetrazole rings is 1. The molecule has 1 aromatic heterocycles. The molecule has 0 saturated carbocycles. The van der Waals surface area contributed by atoms with E-state index in [1.165, 1.54) is 0 Å². The first kappa shape index (κ1) is 26.2. The van der Waals surface area contributed by atoms with Crippen molar-refractivity contribution in [3.05, 3.63) is 67.2 Å². The Labute approximate surface area is 226 Å². The molecule has 3 aromatic rings. The second kappa shape index (κ2) is 11.5. The van der Waals surface area contributed by atoms with Crippen LogP contribution in [-0.4, -0.2) is 39.9 Å². The summed E-state index contributed by atoms with van der Waals surface area (Å²) in [6.07, 6.45) is 1.69. The van der Waals surface area contributed by atoms with Gasteiger partial charge >= 0.3 is 5.97 Å². The molecule has 0 amide bonds. The van der Waals surface area contributed by atoms with E-state index in [0.717, 1.165) is 18.4 Å². The van der Waals surface area contributed by atoms with Crippen molar-refractivity contribution < 1.29 is 19.0 Å². The van der Waals surface area contributed by atoms with Gasteiger partial charge in [0.15, 0.2) is 11.5 Å². The number of allylic oxidation sites excluding steroid dienone is 1. The minimum Gasteiger partial charge on any atom is -0.493 e. The van der Waals surface area contributed by atoms with Crippen molar-refractivity contribution in [1.29, 1.82) is 0 Å². The maximum Gasteiger partial charge on any atom is 0.338 e. The zero-order chi connectivity index (χ0) is 25.8. The van der Waals surface area contributed by atoms with Crippen molar-refractivity contribution in [1.82, 2.24) is 20.2 Å². The quantitative estimate of drug-likeness (QED) is 0.238. The second-order valence-corrected chi connectivity index (χ2v) is 9.74. The van der Waals surface area contributed by atoms with Crippen LogP contribution in [0.2, 0.25) is 10.0 Å². The van der Waals surface area contributed by atoms with Gasteiger partial charge in [-0.1, -0.05) is 47.7 Å². The Kier molecular flexibility index (Phi) is 8.38. The molecular formula is C24H24BrCl2N5O4. The zero-order valence-electron chi connectivity index (χ0n) is 19.8. The van der Waals surface area contributed by atoms with Gasteiger partial charge in [-0.3, -0.25) is 0 Å². The van der Waals surface area contributed by atoms with E-state index >= 15 is 0 Å². The minimum absolute atomic E-state index is 0.240.